The fourth-order valence-corrected chi connectivity index (χ4v) is 2.65. The number of rotatable bonds is 8. The van der Waals surface area contributed by atoms with E-state index in [9.17, 15) is 5.21 Å². The number of nitrogens with one attached hydrogen (secondary N) is 1. The molecule has 0 aliphatic heterocycles. The molecule has 0 spiro atoms. The van der Waals surface area contributed by atoms with Crippen LogP contribution in [0.3, 0.4) is 0 Å². The quantitative estimate of drug-likeness (QED) is 0.421. The zero-order chi connectivity index (χ0) is 18.5. The van der Waals surface area contributed by atoms with Gasteiger partial charge in [0.25, 0.3) is 0 Å². The molecule has 3 aromatic rings. The fourth-order valence-electron chi connectivity index (χ4n) is 2.65. The van der Waals surface area contributed by atoms with Crippen LogP contribution >= 0.6 is 0 Å². The molecule has 0 aliphatic carbocycles. The molecule has 2 heterocycles. The normalized spacial score (nSPS) is 11.3. The van der Waals surface area contributed by atoms with Gasteiger partial charge in [-0.3, -0.25) is 5.21 Å². The van der Waals surface area contributed by atoms with E-state index in [1.807, 2.05) is 48.7 Å². The molecular weight excluding hydrogens is 332 g/mol. The molecule has 8 heteroatoms. The van der Waals surface area contributed by atoms with Crippen LogP contribution in [0.4, 0.5) is 11.8 Å². The van der Waals surface area contributed by atoms with Crippen molar-refractivity contribution in [3.05, 3.63) is 42.2 Å². The Balaban J connectivity index is 1.98. The Morgan fingerprint density at radius 1 is 1.19 bits per heavy atom. The second kappa shape index (κ2) is 8.11. The highest BCUT2D eigenvalue weighted by Crippen LogP contribution is 2.26. The molecule has 3 N–H and O–H groups in total. The molecule has 0 saturated carbocycles. The van der Waals surface area contributed by atoms with Crippen LogP contribution in [0.15, 0.2) is 36.7 Å². The molecule has 0 bridgehead atoms. The standard InChI is InChI=1S/C18H24N6O2/c1-13(2)23-12-20-15-16(23)21-18(19-9-6-10-25)22-17(15)24(26)11-14-7-4-3-5-8-14/h3-5,7-8,12-13,25-26H,6,9-11H2,1-2H3,(H,19,21,22). The Morgan fingerprint density at radius 2 is 1.96 bits per heavy atom. The number of aromatic nitrogens is 4. The SMILES string of the molecule is CC(C)n1cnc2c(N(O)Cc3ccccc3)nc(NCCCO)nc21. The van der Waals surface area contributed by atoms with Gasteiger partial charge >= 0.3 is 0 Å². The lowest BCUT2D eigenvalue weighted by Gasteiger charge is -2.18. The van der Waals surface area contributed by atoms with E-state index < -0.39 is 0 Å². The van der Waals surface area contributed by atoms with E-state index in [2.05, 4.69) is 20.3 Å². The lowest BCUT2D eigenvalue weighted by molar-refractivity contribution is 0.247. The van der Waals surface area contributed by atoms with Gasteiger partial charge in [-0.15, -0.1) is 0 Å². The van der Waals surface area contributed by atoms with Crippen LogP contribution in [0.25, 0.3) is 11.2 Å². The zero-order valence-corrected chi connectivity index (χ0v) is 15.0. The van der Waals surface area contributed by atoms with Crippen molar-refractivity contribution in [3.63, 3.8) is 0 Å². The summed E-state index contributed by atoms with van der Waals surface area (Å²) in [5, 5.41) is 23.8. The Kier molecular flexibility index (Phi) is 5.65. The number of aliphatic hydroxyl groups excluding tert-OH is 1. The highest BCUT2D eigenvalue weighted by atomic mass is 16.5. The predicted octanol–water partition coefficient (Wildman–Crippen LogP) is 2.60. The number of anilines is 2. The van der Waals surface area contributed by atoms with Gasteiger partial charge in [0.05, 0.1) is 12.9 Å². The number of nitrogens with zero attached hydrogens (tertiary/aromatic N) is 5. The van der Waals surface area contributed by atoms with Crippen LogP contribution in [0.1, 0.15) is 31.9 Å². The maximum Gasteiger partial charge on any atom is 0.226 e. The van der Waals surface area contributed by atoms with E-state index >= 15 is 0 Å². The average molecular weight is 356 g/mol. The summed E-state index contributed by atoms with van der Waals surface area (Å²) in [6, 6.07) is 9.84. The lowest BCUT2D eigenvalue weighted by Crippen LogP contribution is -2.20. The van der Waals surface area contributed by atoms with E-state index in [1.165, 1.54) is 0 Å². The molecule has 0 amide bonds. The lowest BCUT2D eigenvalue weighted by atomic mass is 10.2. The van der Waals surface area contributed by atoms with Gasteiger partial charge in [0.15, 0.2) is 17.0 Å². The van der Waals surface area contributed by atoms with Gasteiger partial charge < -0.3 is 15.0 Å². The van der Waals surface area contributed by atoms with Crippen LogP contribution in [0.2, 0.25) is 0 Å². The molecule has 0 unspecified atom stereocenters. The number of fused-ring (bicyclic) bond motifs is 1. The average Bonchev–Trinajstić information content (AvgIpc) is 3.06. The number of imidazole rings is 1. The smallest absolute Gasteiger partial charge is 0.226 e. The topological polar surface area (TPSA) is 99.3 Å². The molecule has 0 saturated heterocycles. The van der Waals surface area contributed by atoms with Crippen molar-refractivity contribution in [2.75, 3.05) is 23.5 Å². The Morgan fingerprint density at radius 3 is 2.65 bits per heavy atom. The van der Waals surface area contributed by atoms with Crippen molar-refractivity contribution in [1.29, 1.82) is 0 Å². The van der Waals surface area contributed by atoms with E-state index in [0.29, 0.717) is 35.9 Å². The summed E-state index contributed by atoms with van der Waals surface area (Å²) < 4.78 is 1.94. The molecule has 8 nitrogen and oxygen atoms in total. The molecule has 3 rings (SSSR count). The maximum absolute atomic E-state index is 10.6. The largest absolute Gasteiger partial charge is 0.396 e. The van der Waals surface area contributed by atoms with Crippen molar-refractivity contribution in [1.82, 2.24) is 19.5 Å². The summed E-state index contributed by atoms with van der Waals surface area (Å²) in [5.41, 5.74) is 2.16. The van der Waals surface area contributed by atoms with Crippen LogP contribution in [0, 0.1) is 0 Å². The van der Waals surface area contributed by atoms with Gasteiger partial charge in [0, 0.05) is 19.2 Å². The first-order valence-corrected chi connectivity index (χ1v) is 8.69. The minimum Gasteiger partial charge on any atom is -0.396 e. The van der Waals surface area contributed by atoms with Gasteiger partial charge in [-0.25, -0.2) is 10.0 Å². The summed E-state index contributed by atoms with van der Waals surface area (Å²) in [4.78, 5) is 13.4. The molecular formula is C18H24N6O2. The third-order valence-electron chi connectivity index (χ3n) is 4.00. The van der Waals surface area contributed by atoms with E-state index in [0.717, 1.165) is 10.6 Å². The summed E-state index contributed by atoms with van der Waals surface area (Å²) in [5.74, 6) is 0.750. The molecule has 26 heavy (non-hydrogen) atoms. The zero-order valence-electron chi connectivity index (χ0n) is 15.0. The van der Waals surface area contributed by atoms with Crippen LogP contribution in [-0.4, -0.2) is 43.0 Å². The minimum absolute atomic E-state index is 0.0894. The predicted molar refractivity (Wildman–Crippen MR) is 100 cm³/mol. The summed E-state index contributed by atoms with van der Waals surface area (Å²) in [6.45, 7) is 5.01. The Labute approximate surface area is 152 Å². The van der Waals surface area contributed by atoms with Gasteiger partial charge in [0.1, 0.15) is 0 Å². The Bertz CT molecular complexity index is 850. The van der Waals surface area contributed by atoms with Crippen LogP contribution in [0.5, 0.6) is 0 Å². The third kappa shape index (κ3) is 3.92. The van der Waals surface area contributed by atoms with Crippen molar-refractivity contribution >= 4 is 22.9 Å². The first-order chi connectivity index (χ1) is 12.6. The fraction of sp³-hybridized carbons (Fsp3) is 0.389. The highest BCUT2D eigenvalue weighted by molar-refractivity contribution is 5.84. The molecule has 0 radical (unpaired) electrons. The van der Waals surface area contributed by atoms with Gasteiger partial charge in [0.2, 0.25) is 5.95 Å². The molecule has 0 fully saturated rings. The number of hydrogen-bond donors (Lipinski definition) is 3. The number of hydroxylamine groups is 1. The Hall–Kier alpha value is -2.71. The molecule has 2 aromatic heterocycles. The first kappa shape index (κ1) is 18.1. The minimum atomic E-state index is 0.0894. The molecule has 1 aromatic carbocycles. The second-order valence-corrected chi connectivity index (χ2v) is 6.34. The molecule has 0 atom stereocenters. The van der Waals surface area contributed by atoms with E-state index in [4.69, 9.17) is 5.11 Å². The van der Waals surface area contributed by atoms with Crippen molar-refractivity contribution in [3.8, 4) is 0 Å². The highest BCUT2D eigenvalue weighted by Gasteiger charge is 2.18. The summed E-state index contributed by atoms with van der Waals surface area (Å²) in [7, 11) is 0. The number of aliphatic hydroxyl groups is 1. The van der Waals surface area contributed by atoms with Crippen molar-refractivity contribution in [2.45, 2.75) is 32.9 Å². The van der Waals surface area contributed by atoms with Crippen LogP contribution in [-0.2, 0) is 6.54 Å². The summed E-state index contributed by atoms with van der Waals surface area (Å²) in [6.07, 6.45) is 2.30. The van der Waals surface area contributed by atoms with E-state index in [-0.39, 0.29) is 19.2 Å². The maximum atomic E-state index is 10.6. The van der Waals surface area contributed by atoms with Gasteiger partial charge in [-0.2, -0.15) is 9.97 Å². The van der Waals surface area contributed by atoms with Crippen LogP contribution < -0.4 is 10.4 Å². The van der Waals surface area contributed by atoms with Crippen molar-refractivity contribution < 1.29 is 10.3 Å². The monoisotopic (exact) mass is 356 g/mol. The van der Waals surface area contributed by atoms with E-state index in [1.54, 1.807) is 6.33 Å². The van der Waals surface area contributed by atoms with Gasteiger partial charge in [-0.1, -0.05) is 30.3 Å². The third-order valence-corrected chi connectivity index (χ3v) is 4.00. The number of hydrogen-bond acceptors (Lipinski definition) is 7. The molecule has 138 valence electrons. The second-order valence-electron chi connectivity index (χ2n) is 6.34. The van der Waals surface area contributed by atoms with Gasteiger partial charge in [-0.05, 0) is 25.8 Å². The number of benzene rings is 1. The summed E-state index contributed by atoms with van der Waals surface area (Å²) >= 11 is 0. The first-order valence-electron chi connectivity index (χ1n) is 8.69. The van der Waals surface area contributed by atoms with Crippen molar-refractivity contribution in [2.24, 2.45) is 0 Å². The molecule has 0 aliphatic rings.